The molecule has 0 spiro atoms. The quantitative estimate of drug-likeness (QED) is 0.848. The van der Waals surface area contributed by atoms with Gasteiger partial charge in [-0.25, -0.2) is 0 Å². The van der Waals surface area contributed by atoms with Crippen LogP contribution in [0.1, 0.15) is 31.4 Å². The van der Waals surface area contributed by atoms with E-state index in [0.29, 0.717) is 0 Å². The Hall–Kier alpha value is -0.770. The minimum atomic E-state index is -0.180. The predicted octanol–water partition coefficient (Wildman–Crippen LogP) is 2.55. The number of furan rings is 1. The van der Waals surface area contributed by atoms with E-state index in [9.17, 15) is 4.79 Å². The molecule has 1 aromatic heterocycles. The number of rotatable bonds is 3. The molecule has 1 aromatic rings. The van der Waals surface area contributed by atoms with Gasteiger partial charge in [0.05, 0.1) is 10.9 Å². The Morgan fingerprint density at radius 1 is 1.50 bits per heavy atom. The van der Waals surface area contributed by atoms with Crippen molar-refractivity contribution in [2.75, 3.05) is 0 Å². The second kappa shape index (κ2) is 4.64. The van der Waals surface area contributed by atoms with Crippen molar-refractivity contribution in [1.82, 2.24) is 5.32 Å². The van der Waals surface area contributed by atoms with Crippen molar-refractivity contribution in [2.24, 2.45) is 0 Å². The van der Waals surface area contributed by atoms with Gasteiger partial charge in [-0.1, -0.05) is 15.9 Å². The van der Waals surface area contributed by atoms with Crippen molar-refractivity contribution in [2.45, 2.75) is 31.6 Å². The average Bonchev–Trinajstić information content (AvgIpc) is 2.51. The zero-order chi connectivity index (χ0) is 10.7. The van der Waals surface area contributed by atoms with Gasteiger partial charge in [-0.05, 0) is 32.9 Å². The molecule has 78 valence electrons. The van der Waals surface area contributed by atoms with Crippen molar-refractivity contribution in [3.63, 3.8) is 0 Å². The van der Waals surface area contributed by atoms with Gasteiger partial charge in [0.1, 0.15) is 11.5 Å². The van der Waals surface area contributed by atoms with Crippen LogP contribution in [0.5, 0.6) is 0 Å². The van der Waals surface area contributed by atoms with Gasteiger partial charge in [-0.15, -0.1) is 0 Å². The second-order valence-electron chi connectivity index (χ2n) is 3.29. The van der Waals surface area contributed by atoms with Gasteiger partial charge in [-0.2, -0.15) is 0 Å². The summed E-state index contributed by atoms with van der Waals surface area (Å²) in [6.07, 6.45) is 0. The Morgan fingerprint density at radius 2 is 2.14 bits per heavy atom. The van der Waals surface area contributed by atoms with Gasteiger partial charge in [0.25, 0.3) is 0 Å². The van der Waals surface area contributed by atoms with Crippen LogP contribution in [0.2, 0.25) is 0 Å². The molecular formula is C10H14BrNO2. The van der Waals surface area contributed by atoms with Crippen molar-refractivity contribution in [1.29, 1.82) is 0 Å². The highest BCUT2D eigenvalue weighted by Crippen LogP contribution is 2.15. The van der Waals surface area contributed by atoms with Crippen LogP contribution in [-0.2, 0) is 4.79 Å². The van der Waals surface area contributed by atoms with Crippen LogP contribution in [0.4, 0.5) is 0 Å². The number of nitrogens with one attached hydrogen (secondary N) is 1. The fraction of sp³-hybridized carbons (Fsp3) is 0.500. The Labute approximate surface area is 92.0 Å². The number of carbonyl (C=O) groups excluding carboxylic acids is 1. The number of hydrogen-bond donors (Lipinski definition) is 1. The molecule has 0 bridgehead atoms. The summed E-state index contributed by atoms with van der Waals surface area (Å²) in [6.45, 7) is 5.56. The van der Waals surface area contributed by atoms with Crippen molar-refractivity contribution in [3.05, 3.63) is 23.7 Å². The molecular weight excluding hydrogens is 246 g/mol. The maximum absolute atomic E-state index is 11.3. The molecule has 0 fully saturated rings. The molecule has 0 aliphatic rings. The fourth-order valence-electron chi connectivity index (χ4n) is 1.09. The summed E-state index contributed by atoms with van der Waals surface area (Å²) in [4.78, 5) is 11.2. The topological polar surface area (TPSA) is 42.2 Å². The monoisotopic (exact) mass is 259 g/mol. The normalized spacial score (nSPS) is 14.9. The van der Waals surface area contributed by atoms with Gasteiger partial charge in [0.2, 0.25) is 5.91 Å². The minimum Gasteiger partial charge on any atom is -0.464 e. The third kappa shape index (κ3) is 2.87. The lowest BCUT2D eigenvalue weighted by Crippen LogP contribution is -2.31. The molecule has 0 radical (unpaired) electrons. The molecule has 1 rings (SSSR count). The molecule has 14 heavy (non-hydrogen) atoms. The standard InChI is InChI=1S/C10H14BrNO2/c1-6-4-5-9(14-6)8(3)12-10(13)7(2)11/h4-5,7-8H,1-3H3,(H,12,13). The summed E-state index contributed by atoms with van der Waals surface area (Å²) in [5.41, 5.74) is 0. The number of hydrogen-bond acceptors (Lipinski definition) is 2. The smallest absolute Gasteiger partial charge is 0.234 e. The highest BCUT2D eigenvalue weighted by Gasteiger charge is 2.15. The minimum absolute atomic E-state index is 0.0356. The van der Waals surface area contributed by atoms with Crippen LogP contribution in [0.3, 0.4) is 0 Å². The lowest BCUT2D eigenvalue weighted by molar-refractivity contribution is -0.120. The lowest BCUT2D eigenvalue weighted by atomic mass is 10.2. The van der Waals surface area contributed by atoms with Gasteiger partial charge in [0.15, 0.2) is 0 Å². The highest BCUT2D eigenvalue weighted by molar-refractivity contribution is 9.10. The van der Waals surface area contributed by atoms with Gasteiger partial charge in [-0.3, -0.25) is 4.79 Å². The Bertz CT molecular complexity index is 320. The van der Waals surface area contributed by atoms with Crippen molar-refractivity contribution in [3.8, 4) is 0 Å². The molecule has 0 saturated heterocycles. The predicted molar refractivity (Wildman–Crippen MR) is 58.4 cm³/mol. The van der Waals surface area contributed by atoms with E-state index < -0.39 is 0 Å². The number of aryl methyl sites for hydroxylation is 1. The zero-order valence-electron chi connectivity index (χ0n) is 8.50. The molecule has 0 saturated carbocycles. The average molecular weight is 260 g/mol. The van der Waals surface area contributed by atoms with Crippen LogP contribution in [0.25, 0.3) is 0 Å². The number of amides is 1. The van der Waals surface area contributed by atoms with E-state index in [1.165, 1.54) is 0 Å². The first-order chi connectivity index (χ1) is 6.50. The highest BCUT2D eigenvalue weighted by atomic mass is 79.9. The SMILES string of the molecule is Cc1ccc(C(C)NC(=O)C(C)Br)o1. The lowest BCUT2D eigenvalue weighted by Gasteiger charge is -2.12. The molecule has 4 heteroatoms. The summed E-state index contributed by atoms with van der Waals surface area (Å²) < 4.78 is 5.40. The van der Waals surface area contributed by atoms with E-state index in [-0.39, 0.29) is 16.8 Å². The summed E-state index contributed by atoms with van der Waals surface area (Å²) in [6, 6.07) is 3.67. The van der Waals surface area contributed by atoms with Crippen LogP contribution < -0.4 is 5.32 Å². The molecule has 2 unspecified atom stereocenters. The van der Waals surface area contributed by atoms with E-state index in [1.807, 2.05) is 26.0 Å². The van der Waals surface area contributed by atoms with Gasteiger partial charge < -0.3 is 9.73 Å². The molecule has 0 aromatic carbocycles. The first-order valence-corrected chi connectivity index (χ1v) is 5.43. The van der Waals surface area contributed by atoms with Crippen molar-refractivity contribution < 1.29 is 9.21 Å². The molecule has 1 heterocycles. The first kappa shape index (κ1) is 11.3. The van der Waals surface area contributed by atoms with E-state index in [2.05, 4.69) is 21.2 Å². The zero-order valence-corrected chi connectivity index (χ0v) is 10.1. The largest absolute Gasteiger partial charge is 0.464 e. The summed E-state index contributed by atoms with van der Waals surface area (Å²) >= 11 is 3.20. The number of alkyl halides is 1. The molecule has 1 N–H and O–H groups in total. The Kier molecular flexibility index (Phi) is 3.75. The maximum Gasteiger partial charge on any atom is 0.234 e. The molecule has 0 aliphatic heterocycles. The summed E-state index contributed by atoms with van der Waals surface area (Å²) in [5.74, 6) is 1.60. The molecule has 1 amide bonds. The molecule has 2 atom stereocenters. The van der Waals surface area contributed by atoms with Crippen LogP contribution in [-0.4, -0.2) is 10.7 Å². The van der Waals surface area contributed by atoms with E-state index in [4.69, 9.17) is 4.42 Å². The van der Waals surface area contributed by atoms with Gasteiger partial charge >= 0.3 is 0 Å². The van der Waals surface area contributed by atoms with Crippen LogP contribution in [0.15, 0.2) is 16.5 Å². The van der Waals surface area contributed by atoms with E-state index in [1.54, 1.807) is 6.92 Å². The van der Waals surface area contributed by atoms with E-state index >= 15 is 0 Å². The maximum atomic E-state index is 11.3. The van der Waals surface area contributed by atoms with Crippen LogP contribution >= 0.6 is 15.9 Å². The third-order valence-electron chi connectivity index (χ3n) is 1.91. The summed E-state index contributed by atoms with van der Waals surface area (Å²) in [5, 5.41) is 2.83. The Morgan fingerprint density at radius 3 is 2.57 bits per heavy atom. The van der Waals surface area contributed by atoms with Crippen molar-refractivity contribution >= 4 is 21.8 Å². The van der Waals surface area contributed by atoms with Gasteiger partial charge in [0, 0.05) is 0 Å². The third-order valence-corrected chi connectivity index (χ3v) is 2.32. The number of carbonyl (C=O) groups is 1. The molecule has 0 aliphatic carbocycles. The summed E-state index contributed by atoms with van der Waals surface area (Å²) in [7, 11) is 0. The fourth-order valence-corrected chi connectivity index (χ4v) is 1.22. The first-order valence-electron chi connectivity index (χ1n) is 4.51. The molecule has 3 nitrogen and oxygen atoms in total. The second-order valence-corrected chi connectivity index (χ2v) is 4.67. The van der Waals surface area contributed by atoms with Crippen LogP contribution in [0, 0.1) is 6.92 Å². The van der Waals surface area contributed by atoms with E-state index in [0.717, 1.165) is 11.5 Å². The Balaban J connectivity index is 2.59. The number of halogens is 1.